The average Bonchev–Trinajstić information content (AvgIpc) is 2.50. The molecule has 0 bridgehead atoms. The lowest BCUT2D eigenvalue weighted by molar-refractivity contribution is 0.480. The molecule has 0 saturated heterocycles. The lowest BCUT2D eigenvalue weighted by Crippen LogP contribution is -2.20. The lowest BCUT2D eigenvalue weighted by atomic mass is 9.75. The van der Waals surface area contributed by atoms with Gasteiger partial charge in [-0.25, -0.2) is 0 Å². The summed E-state index contributed by atoms with van der Waals surface area (Å²) in [6, 6.07) is 6.88. The van der Waals surface area contributed by atoms with Crippen LogP contribution in [-0.4, -0.2) is 18.7 Å². The third-order valence-electron chi connectivity index (χ3n) is 5.44. The summed E-state index contributed by atoms with van der Waals surface area (Å²) in [4.78, 5) is 0. The number of rotatable bonds is 9. The number of benzene rings is 1. The van der Waals surface area contributed by atoms with Crippen molar-refractivity contribution in [3.63, 3.8) is 0 Å². The number of aryl methyl sites for hydroxylation is 1. The Morgan fingerprint density at radius 3 is 1.71 bits per heavy atom. The molecule has 3 nitrogen and oxygen atoms in total. The molecule has 1 N–H and O–H groups in total. The summed E-state index contributed by atoms with van der Waals surface area (Å²) in [5, 5.41) is 0. The van der Waals surface area contributed by atoms with E-state index in [-0.39, 0.29) is 16.6 Å². The molecule has 0 saturated carbocycles. The van der Waals surface area contributed by atoms with Gasteiger partial charge in [-0.15, -0.1) is 0 Å². The fourth-order valence-electron chi connectivity index (χ4n) is 2.64. The van der Waals surface area contributed by atoms with E-state index in [1.807, 2.05) is 0 Å². The van der Waals surface area contributed by atoms with Crippen LogP contribution in [0.5, 0.6) is 0 Å². The monoisotopic (exact) mass is 354 g/mol. The van der Waals surface area contributed by atoms with Crippen molar-refractivity contribution >= 4 is 10.1 Å². The molecule has 0 spiro atoms. The summed E-state index contributed by atoms with van der Waals surface area (Å²) in [7, 11) is -3.85. The predicted molar refractivity (Wildman–Crippen MR) is 102 cm³/mol. The fourth-order valence-corrected chi connectivity index (χ4v) is 3.21. The Balaban J connectivity index is 3.06. The first-order valence-electron chi connectivity index (χ1n) is 9.01. The van der Waals surface area contributed by atoms with Gasteiger partial charge in [0.15, 0.2) is 0 Å². The Morgan fingerprint density at radius 2 is 1.33 bits per heavy atom. The Morgan fingerprint density at radius 1 is 0.875 bits per heavy atom. The Bertz CT molecular complexity index is 609. The van der Waals surface area contributed by atoms with Gasteiger partial charge in [-0.1, -0.05) is 59.7 Å². The summed E-state index contributed by atoms with van der Waals surface area (Å²) in [6.45, 7) is 13.5. The molecule has 24 heavy (non-hydrogen) atoms. The molecular formula is C20H34O3S. The van der Waals surface area contributed by atoms with E-state index in [0.717, 1.165) is 25.7 Å². The van der Waals surface area contributed by atoms with E-state index >= 15 is 0 Å². The second-order valence-corrected chi connectivity index (χ2v) is 9.71. The van der Waals surface area contributed by atoms with Crippen LogP contribution >= 0.6 is 0 Å². The number of hydrogen-bond acceptors (Lipinski definition) is 2. The first-order valence-corrected chi connectivity index (χ1v) is 10.6. The van der Waals surface area contributed by atoms with E-state index in [1.54, 1.807) is 0 Å². The molecule has 0 aliphatic carbocycles. The SMILES string of the molecule is CCC(C)(C)c1cc(CCCCS(=O)(=O)O)cc(C(C)(C)CC)c1. The topological polar surface area (TPSA) is 54.4 Å². The van der Waals surface area contributed by atoms with E-state index in [4.69, 9.17) is 4.55 Å². The van der Waals surface area contributed by atoms with Crippen molar-refractivity contribution in [2.24, 2.45) is 0 Å². The zero-order chi connectivity index (χ0) is 18.6. The maximum atomic E-state index is 10.8. The summed E-state index contributed by atoms with van der Waals surface area (Å²) in [6.07, 6.45) is 4.25. The van der Waals surface area contributed by atoms with Gasteiger partial charge in [-0.3, -0.25) is 4.55 Å². The molecule has 0 atom stereocenters. The fraction of sp³-hybridized carbons (Fsp3) is 0.700. The normalized spacial score (nSPS) is 13.3. The van der Waals surface area contributed by atoms with Crippen molar-refractivity contribution in [2.45, 2.75) is 84.5 Å². The summed E-state index contributed by atoms with van der Waals surface area (Å²) in [5.41, 5.74) is 4.23. The van der Waals surface area contributed by atoms with Crippen LogP contribution in [-0.2, 0) is 27.4 Å². The van der Waals surface area contributed by atoms with Crippen LogP contribution in [0, 0.1) is 0 Å². The highest BCUT2D eigenvalue weighted by Gasteiger charge is 2.24. The van der Waals surface area contributed by atoms with Crippen molar-refractivity contribution in [1.82, 2.24) is 0 Å². The molecule has 0 radical (unpaired) electrons. The van der Waals surface area contributed by atoms with Gasteiger partial charge in [0, 0.05) is 0 Å². The minimum absolute atomic E-state index is 0.128. The van der Waals surface area contributed by atoms with Crippen LogP contribution in [0.25, 0.3) is 0 Å². The first-order chi connectivity index (χ1) is 10.9. The van der Waals surface area contributed by atoms with E-state index in [2.05, 4.69) is 59.7 Å². The van der Waals surface area contributed by atoms with Crippen LogP contribution in [0.15, 0.2) is 18.2 Å². The van der Waals surface area contributed by atoms with E-state index in [0.29, 0.717) is 6.42 Å². The largest absolute Gasteiger partial charge is 0.286 e. The Kier molecular flexibility index (Phi) is 7.06. The summed E-state index contributed by atoms with van der Waals surface area (Å²) < 4.78 is 30.5. The predicted octanol–water partition coefficient (Wildman–Crippen LogP) is 5.27. The Labute approximate surface area is 148 Å². The van der Waals surface area contributed by atoms with Crippen LogP contribution < -0.4 is 0 Å². The zero-order valence-corrected chi connectivity index (χ0v) is 17.0. The molecule has 0 aliphatic rings. The van der Waals surface area contributed by atoms with Crippen molar-refractivity contribution in [2.75, 3.05) is 5.75 Å². The highest BCUT2D eigenvalue weighted by Crippen LogP contribution is 2.34. The van der Waals surface area contributed by atoms with Gasteiger partial charge in [0.1, 0.15) is 0 Å². The first kappa shape index (κ1) is 21.2. The lowest BCUT2D eigenvalue weighted by Gasteiger charge is -2.29. The Hall–Kier alpha value is -0.870. The maximum absolute atomic E-state index is 10.8. The molecule has 0 aromatic heterocycles. The van der Waals surface area contributed by atoms with Crippen LogP contribution in [0.1, 0.15) is 83.9 Å². The average molecular weight is 355 g/mol. The highest BCUT2D eigenvalue weighted by atomic mass is 32.2. The zero-order valence-electron chi connectivity index (χ0n) is 16.1. The van der Waals surface area contributed by atoms with Crippen LogP contribution in [0.2, 0.25) is 0 Å². The smallest absolute Gasteiger partial charge is 0.264 e. The second-order valence-electron chi connectivity index (χ2n) is 8.14. The molecule has 1 aromatic rings. The van der Waals surface area contributed by atoms with Gasteiger partial charge in [0.2, 0.25) is 0 Å². The minimum atomic E-state index is -3.85. The van der Waals surface area contributed by atoms with Gasteiger partial charge in [-0.2, -0.15) is 8.42 Å². The third-order valence-corrected chi connectivity index (χ3v) is 6.25. The summed E-state index contributed by atoms with van der Waals surface area (Å²) in [5.74, 6) is -0.152. The molecular weight excluding hydrogens is 320 g/mol. The standard InChI is InChI=1S/C20H34O3S/c1-7-19(3,4)17-13-16(11-9-10-12-24(21,22)23)14-18(15-17)20(5,6)8-2/h13-15H,7-12H2,1-6H3,(H,21,22,23). The van der Waals surface area contributed by atoms with Crippen LogP contribution in [0.4, 0.5) is 0 Å². The maximum Gasteiger partial charge on any atom is 0.264 e. The van der Waals surface area contributed by atoms with E-state index in [1.165, 1.54) is 16.7 Å². The molecule has 138 valence electrons. The molecule has 1 aromatic carbocycles. The van der Waals surface area contributed by atoms with Gasteiger partial charge in [-0.05, 0) is 59.6 Å². The highest BCUT2D eigenvalue weighted by molar-refractivity contribution is 7.85. The molecule has 4 heteroatoms. The van der Waals surface area contributed by atoms with Crippen molar-refractivity contribution in [1.29, 1.82) is 0 Å². The minimum Gasteiger partial charge on any atom is -0.286 e. The van der Waals surface area contributed by atoms with E-state index < -0.39 is 10.1 Å². The van der Waals surface area contributed by atoms with Gasteiger partial charge in [0.05, 0.1) is 5.75 Å². The molecule has 0 aliphatic heterocycles. The second kappa shape index (κ2) is 8.01. The van der Waals surface area contributed by atoms with Crippen molar-refractivity contribution < 1.29 is 13.0 Å². The van der Waals surface area contributed by atoms with Crippen LogP contribution in [0.3, 0.4) is 0 Å². The van der Waals surface area contributed by atoms with Crippen molar-refractivity contribution in [3.05, 3.63) is 34.9 Å². The third kappa shape index (κ3) is 6.21. The van der Waals surface area contributed by atoms with E-state index in [9.17, 15) is 8.42 Å². The van der Waals surface area contributed by atoms with Gasteiger partial charge in [0.25, 0.3) is 10.1 Å². The van der Waals surface area contributed by atoms with Gasteiger partial charge < -0.3 is 0 Å². The molecule has 0 unspecified atom stereocenters. The molecule has 0 fully saturated rings. The van der Waals surface area contributed by atoms with Crippen molar-refractivity contribution in [3.8, 4) is 0 Å². The summed E-state index contributed by atoms with van der Waals surface area (Å²) >= 11 is 0. The molecule has 0 heterocycles. The number of unbranched alkanes of at least 4 members (excludes halogenated alkanes) is 1. The van der Waals surface area contributed by atoms with Gasteiger partial charge >= 0.3 is 0 Å². The number of hydrogen-bond donors (Lipinski definition) is 1. The molecule has 1 rings (SSSR count). The molecule has 0 amide bonds. The quantitative estimate of drug-likeness (QED) is 0.485.